The van der Waals surface area contributed by atoms with E-state index in [1.165, 1.54) is 38.3 Å². The molecule has 5 heteroatoms. The summed E-state index contributed by atoms with van der Waals surface area (Å²) in [6.45, 7) is 1.49. The molecule has 0 N–H and O–H groups in total. The van der Waals surface area contributed by atoms with Crippen molar-refractivity contribution in [2.24, 2.45) is 0 Å². The van der Waals surface area contributed by atoms with Crippen LogP contribution < -0.4 is 4.74 Å². The number of rotatable bonds is 4. The molecule has 0 amide bonds. The topological polar surface area (TPSA) is 9.23 Å². The normalized spacial score (nSPS) is 12.8. The minimum Gasteiger partial charge on any atom is -0.497 e. The predicted octanol–water partition coefficient (Wildman–Crippen LogP) is 5.78. The summed E-state index contributed by atoms with van der Waals surface area (Å²) in [5.74, 6) is 0.527. The third kappa shape index (κ3) is 4.07. The van der Waals surface area contributed by atoms with Gasteiger partial charge in [-0.1, -0.05) is 42.1 Å². The summed E-state index contributed by atoms with van der Waals surface area (Å²) in [7, 11) is 1.48. The van der Waals surface area contributed by atoms with Gasteiger partial charge in [-0.15, -0.1) is 0 Å². The molecule has 0 aliphatic carbocycles. The summed E-state index contributed by atoms with van der Waals surface area (Å²) >= 11 is 1.11. The Bertz CT molecular complexity index is 646. The third-order valence-electron chi connectivity index (χ3n) is 3.03. The SMILES string of the molecule is COc1ccc(/C(=C(/C)Sc2ccccc2)C(F)(F)F)cc1. The summed E-state index contributed by atoms with van der Waals surface area (Å²) in [6.07, 6.45) is -4.42. The smallest absolute Gasteiger partial charge is 0.417 e. The summed E-state index contributed by atoms with van der Waals surface area (Å²) in [6, 6.07) is 14.9. The van der Waals surface area contributed by atoms with Crippen LogP contribution in [0.15, 0.2) is 64.4 Å². The van der Waals surface area contributed by atoms with Gasteiger partial charge in [-0.05, 0) is 41.7 Å². The van der Waals surface area contributed by atoms with Crippen LogP contribution in [0.3, 0.4) is 0 Å². The molecule has 0 aliphatic rings. The van der Waals surface area contributed by atoms with Gasteiger partial charge in [-0.2, -0.15) is 13.2 Å². The van der Waals surface area contributed by atoms with Gasteiger partial charge in [-0.25, -0.2) is 0 Å². The second-order valence-corrected chi connectivity index (χ2v) is 5.86. The van der Waals surface area contributed by atoms with Gasteiger partial charge in [0.05, 0.1) is 12.7 Å². The van der Waals surface area contributed by atoms with Gasteiger partial charge in [0.2, 0.25) is 0 Å². The predicted molar refractivity (Wildman–Crippen MR) is 83.9 cm³/mol. The molecule has 0 saturated heterocycles. The van der Waals surface area contributed by atoms with Crippen molar-refractivity contribution in [3.05, 3.63) is 65.1 Å². The Hall–Kier alpha value is -1.88. The fourth-order valence-corrected chi connectivity index (χ4v) is 3.02. The molecule has 2 aromatic rings. The van der Waals surface area contributed by atoms with Gasteiger partial charge in [0.1, 0.15) is 5.75 Å². The van der Waals surface area contributed by atoms with Crippen molar-refractivity contribution < 1.29 is 17.9 Å². The Balaban J connectivity index is 2.42. The summed E-state index contributed by atoms with van der Waals surface area (Å²) in [5, 5.41) is 0. The van der Waals surface area contributed by atoms with E-state index in [0.29, 0.717) is 5.75 Å². The van der Waals surface area contributed by atoms with E-state index in [9.17, 15) is 13.2 Å². The summed E-state index contributed by atoms with van der Waals surface area (Å²) in [5.41, 5.74) is -0.488. The Morgan fingerprint density at radius 1 is 0.955 bits per heavy atom. The lowest BCUT2D eigenvalue weighted by Gasteiger charge is -2.16. The van der Waals surface area contributed by atoms with Crippen LogP contribution in [0.5, 0.6) is 5.75 Å². The van der Waals surface area contributed by atoms with E-state index < -0.39 is 11.7 Å². The number of allylic oxidation sites excluding steroid dienone is 2. The van der Waals surface area contributed by atoms with Crippen LogP contribution in [0.1, 0.15) is 12.5 Å². The second-order valence-electron chi connectivity index (χ2n) is 4.57. The molecule has 116 valence electrons. The van der Waals surface area contributed by atoms with Crippen molar-refractivity contribution in [3.8, 4) is 5.75 Å². The molecule has 0 bridgehead atoms. The minimum absolute atomic E-state index is 0.134. The molecule has 0 saturated carbocycles. The Kier molecular flexibility index (Phi) is 5.19. The first-order valence-electron chi connectivity index (χ1n) is 6.57. The molecule has 2 aromatic carbocycles. The number of hydrogen-bond donors (Lipinski definition) is 0. The monoisotopic (exact) mass is 324 g/mol. The largest absolute Gasteiger partial charge is 0.497 e. The summed E-state index contributed by atoms with van der Waals surface area (Å²) in [4.78, 5) is 0.985. The van der Waals surface area contributed by atoms with E-state index in [1.54, 1.807) is 24.3 Å². The molecule has 0 atom stereocenters. The van der Waals surface area contributed by atoms with Gasteiger partial charge in [0.25, 0.3) is 0 Å². The number of methoxy groups -OCH3 is 1. The molecule has 0 heterocycles. The average Bonchev–Trinajstić information content (AvgIpc) is 2.47. The number of ether oxygens (including phenoxy) is 1. The van der Waals surface area contributed by atoms with Crippen LogP contribution in [0.25, 0.3) is 5.57 Å². The number of hydrogen-bond acceptors (Lipinski definition) is 2. The quantitative estimate of drug-likeness (QED) is 0.659. The minimum atomic E-state index is -4.42. The molecule has 2 rings (SSSR count). The number of thioether (sulfide) groups is 1. The van der Waals surface area contributed by atoms with Gasteiger partial charge in [0.15, 0.2) is 0 Å². The first kappa shape index (κ1) is 16.5. The highest BCUT2D eigenvalue weighted by Gasteiger charge is 2.36. The lowest BCUT2D eigenvalue weighted by atomic mass is 10.1. The van der Waals surface area contributed by atoms with E-state index in [1.807, 2.05) is 6.07 Å². The van der Waals surface area contributed by atoms with Crippen molar-refractivity contribution in [1.29, 1.82) is 0 Å². The standard InChI is InChI=1S/C17H15F3OS/c1-12(22-15-6-4-3-5-7-15)16(17(18,19)20)13-8-10-14(21-2)11-9-13/h3-11H,1-2H3/b16-12+. The Morgan fingerprint density at radius 3 is 2.05 bits per heavy atom. The van der Waals surface area contributed by atoms with Crippen molar-refractivity contribution in [2.75, 3.05) is 7.11 Å². The van der Waals surface area contributed by atoms with E-state index >= 15 is 0 Å². The molecule has 1 nitrogen and oxygen atoms in total. The van der Waals surface area contributed by atoms with Crippen LogP contribution >= 0.6 is 11.8 Å². The number of alkyl halides is 3. The number of halogens is 3. The lowest BCUT2D eigenvalue weighted by molar-refractivity contribution is -0.0691. The zero-order valence-electron chi connectivity index (χ0n) is 12.1. The Morgan fingerprint density at radius 2 is 1.55 bits per heavy atom. The highest BCUT2D eigenvalue weighted by Crippen LogP contribution is 2.42. The molecule has 0 aromatic heterocycles. The fourth-order valence-electron chi connectivity index (χ4n) is 2.04. The molecular weight excluding hydrogens is 309 g/mol. The van der Waals surface area contributed by atoms with Crippen molar-refractivity contribution in [1.82, 2.24) is 0 Å². The molecule has 0 spiro atoms. The van der Waals surface area contributed by atoms with E-state index in [4.69, 9.17) is 4.74 Å². The van der Waals surface area contributed by atoms with Crippen molar-refractivity contribution in [3.63, 3.8) is 0 Å². The molecule has 0 aliphatic heterocycles. The van der Waals surface area contributed by atoms with E-state index in [-0.39, 0.29) is 10.5 Å². The maximum Gasteiger partial charge on any atom is 0.417 e. The Labute approximate surface area is 131 Å². The van der Waals surface area contributed by atoms with Gasteiger partial charge in [0, 0.05) is 4.90 Å². The second kappa shape index (κ2) is 6.92. The van der Waals surface area contributed by atoms with Crippen LogP contribution in [0.2, 0.25) is 0 Å². The van der Waals surface area contributed by atoms with Crippen molar-refractivity contribution in [2.45, 2.75) is 18.0 Å². The third-order valence-corrected chi connectivity index (χ3v) is 4.05. The van der Waals surface area contributed by atoms with E-state index in [0.717, 1.165) is 16.7 Å². The first-order chi connectivity index (χ1) is 10.4. The first-order valence-corrected chi connectivity index (χ1v) is 7.39. The highest BCUT2D eigenvalue weighted by molar-refractivity contribution is 8.03. The molecule has 22 heavy (non-hydrogen) atoms. The maximum atomic E-state index is 13.4. The van der Waals surface area contributed by atoms with Crippen LogP contribution in [0, 0.1) is 0 Å². The van der Waals surface area contributed by atoms with Gasteiger partial charge >= 0.3 is 6.18 Å². The molecule has 0 fully saturated rings. The fraction of sp³-hybridized carbons (Fsp3) is 0.176. The maximum absolute atomic E-state index is 13.4. The van der Waals surface area contributed by atoms with Crippen LogP contribution in [-0.4, -0.2) is 13.3 Å². The summed E-state index contributed by atoms with van der Waals surface area (Å²) < 4.78 is 45.3. The van der Waals surface area contributed by atoms with Crippen molar-refractivity contribution >= 4 is 17.3 Å². The zero-order valence-corrected chi connectivity index (χ0v) is 13.0. The molecular formula is C17H15F3OS. The van der Waals surface area contributed by atoms with Gasteiger partial charge < -0.3 is 4.74 Å². The lowest BCUT2D eigenvalue weighted by Crippen LogP contribution is -2.12. The molecule has 0 unspecified atom stereocenters. The van der Waals surface area contributed by atoms with E-state index in [2.05, 4.69) is 0 Å². The van der Waals surface area contributed by atoms with Crippen LogP contribution in [-0.2, 0) is 0 Å². The highest BCUT2D eigenvalue weighted by atomic mass is 32.2. The van der Waals surface area contributed by atoms with Crippen LogP contribution in [0.4, 0.5) is 13.2 Å². The molecule has 0 radical (unpaired) electrons. The average molecular weight is 324 g/mol. The zero-order chi connectivity index (χ0) is 16.2. The number of benzene rings is 2. The van der Waals surface area contributed by atoms with Gasteiger partial charge in [-0.3, -0.25) is 0 Å².